The molecule has 23 heavy (non-hydrogen) atoms. The van der Waals surface area contributed by atoms with Gasteiger partial charge in [0.25, 0.3) is 5.69 Å². The lowest BCUT2D eigenvalue weighted by Crippen LogP contribution is -2.27. The van der Waals surface area contributed by atoms with Gasteiger partial charge < -0.3 is 9.64 Å². The first-order valence-corrected chi connectivity index (χ1v) is 6.80. The summed E-state index contributed by atoms with van der Waals surface area (Å²) in [6.07, 6.45) is 0. The van der Waals surface area contributed by atoms with Gasteiger partial charge in [-0.3, -0.25) is 10.1 Å². The Hall–Kier alpha value is -2.75. The fourth-order valence-electron chi connectivity index (χ4n) is 1.61. The molecule has 2 N–H and O–H groups in total. The highest BCUT2D eigenvalue weighted by molar-refractivity contribution is 5.89. The number of hydrogen-bond acceptors (Lipinski definition) is 6. The topological polar surface area (TPSA) is 133 Å². The Labute approximate surface area is 132 Å². The van der Waals surface area contributed by atoms with Crippen molar-refractivity contribution in [2.45, 2.75) is 13.8 Å². The van der Waals surface area contributed by atoms with Crippen LogP contribution in [0.15, 0.2) is 24.3 Å². The number of non-ortho nitro benzene ring substituents is 1. The first-order valence-electron chi connectivity index (χ1n) is 6.80. The van der Waals surface area contributed by atoms with E-state index in [-0.39, 0.29) is 5.69 Å². The van der Waals surface area contributed by atoms with Crippen LogP contribution in [0, 0.1) is 15.0 Å². The fourth-order valence-corrected chi connectivity index (χ4v) is 1.61. The van der Waals surface area contributed by atoms with Gasteiger partial charge >= 0.3 is 11.1 Å². The van der Waals surface area contributed by atoms with E-state index in [1.165, 1.54) is 24.3 Å². The third-order valence-electron chi connectivity index (χ3n) is 2.85. The molecule has 0 fully saturated rings. The summed E-state index contributed by atoms with van der Waals surface area (Å²) < 4.78 is 5.11. The van der Waals surface area contributed by atoms with Crippen molar-refractivity contribution in [2.24, 2.45) is 0 Å². The van der Waals surface area contributed by atoms with Crippen molar-refractivity contribution in [2.75, 3.05) is 26.2 Å². The summed E-state index contributed by atoms with van der Waals surface area (Å²) in [6.45, 7) is 6.91. The molecule has 0 aliphatic carbocycles. The normalized spacial score (nSPS) is 9.70. The molecule has 0 saturated heterocycles. The quantitative estimate of drug-likeness (QED) is 0.438. The van der Waals surface area contributed by atoms with Gasteiger partial charge in [0.05, 0.1) is 10.5 Å². The number of likely N-dealkylation sites (N-methyl/N-ethyl adjacent to an activating group) is 1. The number of nitro benzene ring substituents is 1. The Morgan fingerprint density at radius 2 is 1.65 bits per heavy atom. The number of benzene rings is 1. The molecule has 0 aromatic heterocycles. The summed E-state index contributed by atoms with van der Waals surface area (Å²) >= 11 is 0. The Morgan fingerprint density at radius 3 is 2.04 bits per heavy atom. The maximum atomic E-state index is 11.7. The van der Waals surface area contributed by atoms with Gasteiger partial charge in [-0.25, -0.2) is 15.2 Å². The molecule has 0 aliphatic heterocycles. The molecule has 1 rings (SSSR count). The van der Waals surface area contributed by atoms with E-state index in [1.54, 1.807) is 0 Å². The SMILES string of the molecule is CCN(CC)CCOC(=O)c1ccc([N+](=O)[O-])cc1.O=[N+](O)O. The number of nitro groups is 1. The molecule has 10 nitrogen and oxygen atoms in total. The number of rotatable bonds is 7. The summed E-state index contributed by atoms with van der Waals surface area (Å²) in [5.74, 6) is -0.456. The van der Waals surface area contributed by atoms with Crippen molar-refractivity contribution in [3.05, 3.63) is 44.9 Å². The highest BCUT2D eigenvalue weighted by atomic mass is 16.9. The van der Waals surface area contributed by atoms with E-state index < -0.39 is 16.0 Å². The monoisotopic (exact) mass is 330 g/mol. The zero-order valence-corrected chi connectivity index (χ0v) is 12.9. The predicted octanol–water partition coefficient (Wildman–Crippen LogP) is 1.64. The molecule has 0 spiro atoms. The summed E-state index contributed by atoms with van der Waals surface area (Å²) in [5, 5.41) is 23.0. The van der Waals surface area contributed by atoms with Gasteiger partial charge in [0.15, 0.2) is 0 Å². The number of nitrogens with zero attached hydrogens (tertiary/aromatic N) is 3. The van der Waals surface area contributed by atoms with Gasteiger partial charge in [-0.2, -0.15) is 0 Å². The van der Waals surface area contributed by atoms with Gasteiger partial charge in [-0.15, -0.1) is 0 Å². The van der Waals surface area contributed by atoms with Gasteiger partial charge in [-0.1, -0.05) is 13.8 Å². The number of esters is 1. The molecule has 10 heteroatoms. The average molecular weight is 330 g/mol. The first kappa shape index (κ1) is 20.2. The predicted molar refractivity (Wildman–Crippen MR) is 78.4 cm³/mol. The van der Waals surface area contributed by atoms with Crippen LogP contribution in [0.5, 0.6) is 0 Å². The molecule has 1 aromatic rings. The van der Waals surface area contributed by atoms with Gasteiger partial charge in [0.1, 0.15) is 11.5 Å². The second-order valence-corrected chi connectivity index (χ2v) is 4.22. The van der Waals surface area contributed by atoms with E-state index in [4.69, 9.17) is 20.1 Å². The van der Waals surface area contributed by atoms with Crippen LogP contribution in [0.4, 0.5) is 5.69 Å². The van der Waals surface area contributed by atoms with Crippen LogP contribution in [0.2, 0.25) is 0 Å². The first-order chi connectivity index (χ1) is 10.8. The van der Waals surface area contributed by atoms with Crippen LogP contribution < -0.4 is 0 Å². The van der Waals surface area contributed by atoms with Crippen LogP contribution in [0.1, 0.15) is 24.2 Å². The summed E-state index contributed by atoms with van der Waals surface area (Å²) in [5.41, 5.74) is 0.282. The lowest BCUT2D eigenvalue weighted by molar-refractivity contribution is -0.969. The lowest BCUT2D eigenvalue weighted by atomic mass is 10.2. The molecule has 1 aromatic carbocycles. The molecular weight excluding hydrogens is 310 g/mol. The fraction of sp³-hybridized carbons (Fsp3) is 0.462. The zero-order chi connectivity index (χ0) is 17.8. The van der Waals surface area contributed by atoms with Gasteiger partial charge in [-0.05, 0) is 25.2 Å². The Bertz CT molecular complexity index is 511. The molecule has 0 bridgehead atoms. The standard InChI is InChI=1S/C13H18N2O4.H2NO3/c1-3-14(4-2)9-10-19-13(16)11-5-7-12(8-6-11)15(17)18;2-1(3)4/h5-8H,3-4,9-10H2,1-2H3;(H2,2,3,4)/q;+1. The van der Waals surface area contributed by atoms with Crippen LogP contribution in [0.25, 0.3) is 0 Å². The average Bonchev–Trinajstić information content (AvgIpc) is 2.51. The largest absolute Gasteiger partial charge is 0.472 e. The summed E-state index contributed by atoms with van der Waals surface area (Å²) in [7, 11) is 0. The molecule has 0 saturated carbocycles. The van der Waals surface area contributed by atoms with Crippen molar-refractivity contribution in [1.29, 1.82) is 0 Å². The Morgan fingerprint density at radius 1 is 1.17 bits per heavy atom. The molecule has 0 amide bonds. The molecule has 0 aliphatic rings. The van der Waals surface area contributed by atoms with Crippen LogP contribution >= 0.6 is 0 Å². The van der Waals surface area contributed by atoms with Crippen molar-refractivity contribution in [3.63, 3.8) is 0 Å². The van der Waals surface area contributed by atoms with E-state index in [0.29, 0.717) is 18.7 Å². The Balaban J connectivity index is 0.00000108. The molecule has 0 atom stereocenters. The van der Waals surface area contributed by atoms with Gasteiger partial charge in [0.2, 0.25) is 0 Å². The van der Waals surface area contributed by atoms with Gasteiger partial charge in [0, 0.05) is 18.7 Å². The molecular formula is C13H20N3O7+. The Kier molecular flexibility index (Phi) is 9.60. The van der Waals surface area contributed by atoms with E-state index in [9.17, 15) is 14.9 Å². The maximum absolute atomic E-state index is 11.7. The molecule has 0 heterocycles. The van der Waals surface area contributed by atoms with Crippen LogP contribution in [-0.2, 0) is 4.74 Å². The zero-order valence-electron chi connectivity index (χ0n) is 12.9. The summed E-state index contributed by atoms with van der Waals surface area (Å²) in [6, 6.07) is 5.39. The van der Waals surface area contributed by atoms with Crippen molar-refractivity contribution < 1.29 is 30.0 Å². The van der Waals surface area contributed by atoms with Crippen molar-refractivity contribution in [3.8, 4) is 0 Å². The van der Waals surface area contributed by atoms with E-state index >= 15 is 0 Å². The minimum absolute atomic E-state index is 0.0420. The maximum Gasteiger partial charge on any atom is 0.472 e. The second-order valence-electron chi connectivity index (χ2n) is 4.22. The third-order valence-corrected chi connectivity index (χ3v) is 2.85. The minimum Gasteiger partial charge on any atom is -0.461 e. The lowest BCUT2D eigenvalue weighted by Gasteiger charge is -2.17. The smallest absolute Gasteiger partial charge is 0.461 e. The second kappa shape index (κ2) is 10.9. The number of hydrogen-bond donors (Lipinski definition) is 2. The minimum atomic E-state index is -1.25. The number of ether oxygens (including phenoxy) is 1. The summed E-state index contributed by atoms with van der Waals surface area (Å²) in [4.78, 5) is 32.3. The van der Waals surface area contributed by atoms with Crippen LogP contribution in [-0.4, -0.2) is 57.5 Å². The molecule has 0 radical (unpaired) electrons. The molecule has 128 valence electrons. The van der Waals surface area contributed by atoms with Crippen molar-refractivity contribution >= 4 is 11.7 Å². The number of carbonyl (C=O) groups excluding carboxylic acids is 1. The van der Waals surface area contributed by atoms with Crippen molar-refractivity contribution in [1.82, 2.24) is 4.90 Å². The van der Waals surface area contributed by atoms with E-state index in [1.807, 2.05) is 13.8 Å². The van der Waals surface area contributed by atoms with Crippen LogP contribution in [0.3, 0.4) is 0 Å². The highest BCUT2D eigenvalue weighted by Gasteiger charge is 2.10. The third kappa shape index (κ3) is 8.98. The van der Waals surface area contributed by atoms with E-state index in [2.05, 4.69) is 4.90 Å². The highest BCUT2D eigenvalue weighted by Crippen LogP contribution is 2.12. The molecule has 0 unspecified atom stereocenters. The van der Waals surface area contributed by atoms with E-state index in [0.717, 1.165) is 13.1 Å². The number of carbonyl (C=O) groups is 1.